The Morgan fingerprint density at radius 3 is 2.65 bits per heavy atom. The van der Waals surface area contributed by atoms with Crippen molar-refractivity contribution in [1.82, 2.24) is 5.32 Å². The second-order valence-corrected chi connectivity index (χ2v) is 6.51. The van der Waals surface area contributed by atoms with Crippen LogP contribution in [0.15, 0.2) is 0 Å². The highest BCUT2D eigenvalue weighted by molar-refractivity contribution is 5.67. The minimum Gasteiger partial charge on any atom is -0.444 e. The van der Waals surface area contributed by atoms with Crippen LogP contribution in [-0.2, 0) is 4.74 Å². The van der Waals surface area contributed by atoms with Crippen LogP contribution in [0.25, 0.3) is 0 Å². The smallest absolute Gasteiger partial charge is 0.407 e. The highest BCUT2D eigenvalue weighted by Gasteiger charge is 2.59. The van der Waals surface area contributed by atoms with Crippen LogP contribution in [0.5, 0.6) is 0 Å². The van der Waals surface area contributed by atoms with Crippen molar-refractivity contribution < 1.29 is 14.6 Å². The third kappa shape index (κ3) is 2.41. The van der Waals surface area contributed by atoms with E-state index in [2.05, 4.69) is 5.32 Å². The molecule has 2 aliphatic rings. The molecule has 0 saturated heterocycles. The van der Waals surface area contributed by atoms with Crippen molar-refractivity contribution in [3.8, 4) is 0 Å². The minimum absolute atomic E-state index is 0.268. The van der Waals surface area contributed by atoms with Crippen LogP contribution in [0.2, 0.25) is 0 Å². The number of ether oxygens (including phenoxy) is 1. The van der Waals surface area contributed by atoms with Crippen molar-refractivity contribution in [2.45, 2.75) is 45.6 Å². The molecule has 4 heteroatoms. The number of carbonyl (C=O) groups excluding carboxylic acids is 1. The topological polar surface area (TPSA) is 58.6 Å². The number of fused-ring (bicyclic) bond motifs is 1. The molecule has 0 heterocycles. The summed E-state index contributed by atoms with van der Waals surface area (Å²) in [6.07, 6.45) is 3.08. The van der Waals surface area contributed by atoms with Crippen LogP contribution in [0.1, 0.15) is 40.0 Å². The maximum atomic E-state index is 11.5. The summed E-state index contributed by atoms with van der Waals surface area (Å²) < 4.78 is 5.21. The molecule has 0 spiro atoms. The van der Waals surface area contributed by atoms with Crippen LogP contribution >= 0.6 is 0 Å². The molecule has 1 amide bonds. The number of rotatable bonds is 3. The molecule has 2 N–H and O–H groups in total. The molecule has 2 rings (SSSR count). The second kappa shape index (κ2) is 4.16. The number of hydrogen-bond acceptors (Lipinski definition) is 3. The minimum atomic E-state index is -0.436. The van der Waals surface area contributed by atoms with Crippen molar-refractivity contribution in [3.05, 3.63) is 0 Å². The van der Waals surface area contributed by atoms with Gasteiger partial charge >= 0.3 is 6.09 Å². The number of hydrogen-bond donors (Lipinski definition) is 2. The fourth-order valence-electron chi connectivity index (χ4n) is 3.26. The van der Waals surface area contributed by atoms with E-state index in [1.54, 1.807) is 0 Å². The third-order valence-electron chi connectivity index (χ3n) is 4.20. The molecule has 3 atom stereocenters. The van der Waals surface area contributed by atoms with Gasteiger partial charge in [-0.05, 0) is 57.3 Å². The number of alkyl carbamates (subject to hydrolysis) is 1. The average Bonchev–Trinajstić information content (AvgIpc) is 2.18. The third-order valence-corrected chi connectivity index (χ3v) is 4.20. The van der Waals surface area contributed by atoms with Gasteiger partial charge in [0, 0.05) is 13.2 Å². The van der Waals surface area contributed by atoms with Gasteiger partial charge in [0.05, 0.1) is 0 Å². The van der Waals surface area contributed by atoms with Crippen LogP contribution in [0.4, 0.5) is 4.79 Å². The Hall–Kier alpha value is -0.770. The zero-order valence-corrected chi connectivity index (χ0v) is 11.0. The van der Waals surface area contributed by atoms with E-state index >= 15 is 0 Å². The van der Waals surface area contributed by atoms with Gasteiger partial charge in [0.1, 0.15) is 5.60 Å². The number of amides is 1. The SMILES string of the molecule is CC(C)(C)OC(=O)NCC12CCC1C(CO)C2. The van der Waals surface area contributed by atoms with Gasteiger partial charge in [-0.3, -0.25) is 0 Å². The van der Waals surface area contributed by atoms with E-state index in [0.717, 1.165) is 6.42 Å². The zero-order valence-electron chi connectivity index (χ0n) is 11.0. The highest BCUT2D eigenvalue weighted by Crippen LogP contribution is 2.63. The summed E-state index contributed by atoms with van der Waals surface area (Å²) in [6, 6.07) is 0. The van der Waals surface area contributed by atoms with E-state index in [9.17, 15) is 4.79 Å². The van der Waals surface area contributed by atoms with Gasteiger partial charge in [0.2, 0.25) is 0 Å². The summed E-state index contributed by atoms with van der Waals surface area (Å²) in [6.45, 7) is 6.58. The first kappa shape index (κ1) is 12.7. The molecule has 98 valence electrons. The zero-order chi connectivity index (χ0) is 12.7. The number of aliphatic hydroxyl groups is 1. The van der Waals surface area contributed by atoms with Crippen LogP contribution in [0, 0.1) is 17.3 Å². The summed E-state index contributed by atoms with van der Waals surface area (Å²) in [7, 11) is 0. The van der Waals surface area contributed by atoms with Gasteiger partial charge in [0.25, 0.3) is 0 Å². The first-order valence-electron chi connectivity index (χ1n) is 6.44. The largest absolute Gasteiger partial charge is 0.444 e. The van der Waals surface area contributed by atoms with E-state index in [1.807, 2.05) is 20.8 Å². The Labute approximate surface area is 103 Å². The Bertz CT molecular complexity index is 310. The van der Waals surface area contributed by atoms with Gasteiger partial charge in [-0.25, -0.2) is 4.79 Å². The Balaban J connectivity index is 1.75. The summed E-state index contributed by atoms with van der Waals surface area (Å²) in [5.74, 6) is 1.08. The van der Waals surface area contributed by atoms with Crippen LogP contribution in [0.3, 0.4) is 0 Å². The summed E-state index contributed by atoms with van der Waals surface area (Å²) in [4.78, 5) is 11.5. The Kier molecular flexibility index (Phi) is 3.10. The normalized spacial score (nSPS) is 35.3. The maximum absolute atomic E-state index is 11.5. The first-order valence-corrected chi connectivity index (χ1v) is 6.44. The lowest BCUT2D eigenvalue weighted by Crippen LogP contribution is -2.61. The summed E-state index contributed by atoms with van der Waals surface area (Å²) >= 11 is 0. The lowest BCUT2D eigenvalue weighted by molar-refractivity contribution is -0.145. The molecular formula is C13H23NO3. The van der Waals surface area contributed by atoms with Crippen LogP contribution in [-0.4, -0.2) is 30.0 Å². The van der Waals surface area contributed by atoms with E-state index < -0.39 is 5.60 Å². The highest BCUT2D eigenvalue weighted by atomic mass is 16.6. The molecule has 3 unspecified atom stereocenters. The molecule has 0 aliphatic heterocycles. The predicted octanol–water partition coefficient (Wildman–Crippen LogP) is 1.92. The lowest BCUT2D eigenvalue weighted by atomic mass is 9.43. The van der Waals surface area contributed by atoms with Crippen LogP contribution < -0.4 is 5.32 Å². The van der Waals surface area contributed by atoms with Crippen molar-refractivity contribution in [2.75, 3.05) is 13.2 Å². The lowest BCUT2D eigenvalue weighted by Gasteiger charge is -2.63. The molecule has 4 nitrogen and oxygen atoms in total. The quantitative estimate of drug-likeness (QED) is 0.793. The first-order chi connectivity index (χ1) is 7.86. The number of aliphatic hydroxyl groups excluding tert-OH is 1. The molecule has 0 bridgehead atoms. The van der Waals surface area contributed by atoms with E-state index in [4.69, 9.17) is 9.84 Å². The van der Waals surface area contributed by atoms with Crippen molar-refractivity contribution in [1.29, 1.82) is 0 Å². The summed E-state index contributed by atoms with van der Waals surface area (Å²) in [5.41, 5.74) is -0.168. The maximum Gasteiger partial charge on any atom is 0.407 e. The molecule has 0 aromatic heterocycles. The molecule has 2 fully saturated rings. The van der Waals surface area contributed by atoms with E-state index in [1.165, 1.54) is 12.8 Å². The number of nitrogens with one attached hydrogen (secondary N) is 1. The van der Waals surface area contributed by atoms with Crippen molar-refractivity contribution in [2.24, 2.45) is 17.3 Å². The molecule has 0 aromatic rings. The fourth-order valence-corrected chi connectivity index (χ4v) is 3.26. The monoisotopic (exact) mass is 241 g/mol. The average molecular weight is 241 g/mol. The summed E-state index contributed by atoms with van der Waals surface area (Å²) in [5, 5.41) is 12.0. The van der Waals surface area contributed by atoms with Gasteiger partial charge in [-0.2, -0.15) is 0 Å². The van der Waals surface area contributed by atoms with Crippen molar-refractivity contribution >= 4 is 6.09 Å². The molecule has 0 aromatic carbocycles. The molecule has 17 heavy (non-hydrogen) atoms. The van der Waals surface area contributed by atoms with Gasteiger partial charge < -0.3 is 15.2 Å². The standard InChI is InChI=1S/C13H23NO3/c1-12(2,3)17-11(16)14-8-13-5-4-10(13)9(6-13)7-15/h9-10,15H,4-8H2,1-3H3,(H,14,16). The van der Waals surface area contributed by atoms with E-state index in [-0.39, 0.29) is 11.5 Å². The number of carbonyl (C=O) groups is 1. The molecule has 2 saturated carbocycles. The van der Waals surface area contributed by atoms with Crippen molar-refractivity contribution in [3.63, 3.8) is 0 Å². The predicted molar refractivity (Wildman–Crippen MR) is 64.6 cm³/mol. The Morgan fingerprint density at radius 2 is 2.24 bits per heavy atom. The Morgan fingerprint density at radius 1 is 1.53 bits per heavy atom. The van der Waals surface area contributed by atoms with Gasteiger partial charge in [0.15, 0.2) is 0 Å². The molecule has 0 radical (unpaired) electrons. The van der Waals surface area contributed by atoms with Gasteiger partial charge in [-0.15, -0.1) is 0 Å². The van der Waals surface area contributed by atoms with E-state index in [0.29, 0.717) is 25.0 Å². The molecule has 2 aliphatic carbocycles. The van der Waals surface area contributed by atoms with Gasteiger partial charge in [-0.1, -0.05) is 0 Å². The second-order valence-electron chi connectivity index (χ2n) is 6.51. The fraction of sp³-hybridized carbons (Fsp3) is 0.923. The molecular weight excluding hydrogens is 218 g/mol.